The Morgan fingerprint density at radius 2 is 1.75 bits per heavy atom. The van der Waals surface area contributed by atoms with Gasteiger partial charge in [0.05, 0.1) is 18.5 Å². The first-order valence-corrected chi connectivity index (χ1v) is 12.3. The Kier molecular flexibility index (Phi) is 8.00. The van der Waals surface area contributed by atoms with Gasteiger partial charge in [-0.2, -0.15) is 0 Å². The van der Waals surface area contributed by atoms with Crippen molar-refractivity contribution in [2.45, 2.75) is 65.0 Å². The van der Waals surface area contributed by atoms with Crippen molar-refractivity contribution in [2.75, 3.05) is 13.7 Å². The van der Waals surface area contributed by atoms with Gasteiger partial charge in [-0.3, -0.25) is 0 Å². The van der Waals surface area contributed by atoms with Gasteiger partial charge in [-0.25, -0.2) is 4.98 Å². The van der Waals surface area contributed by atoms with E-state index in [4.69, 9.17) is 9.72 Å². The first kappa shape index (κ1) is 22.6. The van der Waals surface area contributed by atoms with Gasteiger partial charge < -0.3 is 14.6 Å². The van der Waals surface area contributed by atoms with E-state index >= 15 is 0 Å². The van der Waals surface area contributed by atoms with E-state index < -0.39 is 0 Å². The van der Waals surface area contributed by atoms with Crippen LogP contribution in [0.2, 0.25) is 0 Å². The Labute approximate surface area is 194 Å². The van der Waals surface area contributed by atoms with E-state index in [1.165, 1.54) is 49.8 Å². The van der Waals surface area contributed by atoms with Gasteiger partial charge >= 0.3 is 0 Å². The van der Waals surface area contributed by atoms with Crippen LogP contribution in [-0.2, 0) is 13.1 Å². The van der Waals surface area contributed by atoms with Crippen molar-refractivity contribution in [3.05, 3.63) is 60.3 Å². The van der Waals surface area contributed by atoms with E-state index in [1.807, 2.05) is 12.1 Å². The molecule has 4 heteroatoms. The second kappa shape index (κ2) is 11.3. The highest BCUT2D eigenvalue weighted by Crippen LogP contribution is 2.31. The molecule has 0 bridgehead atoms. The summed E-state index contributed by atoms with van der Waals surface area (Å²) in [5.41, 5.74) is 4.70. The van der Waals surface area contributed by atoms with E-state index in [-0.39, 0.29) is 1.43 Å². The Morgan fingerprint density at radius 1 is 1.00 bits per heavy atom. The second-order valence-electron chi connectivity index (χ2n) is 8.97. The average molecular weight is 434 g/mol. The van der Waals surface area contributed by atoms with Crippen LogP contribution in [0.3, 0.4) is 0 Å². The lowest BCUT2D eigenvalue weighted by atomic mass is 9.89. The molecule has 2 aromatic carbocycles. The minimum Gasteiger partial charge on any atom is -0.497 e. The molecular weight excluding hydrogens is 394 g/mol. The molecule has 0 radical (unpaired) electrons. The quantitative estimate of drug-likeness (QED) is 0.376. The summed E-state index contributed by atoms with van der Waals surface area (Å²) in [5.74, 6) is 2.76. The zero-order valence-electron chi connectivity index (χ0n) is 19.6. The number of imidazole rings is 1. The van der Waals surface area contributed by atoms with Crippen molar-refractivity contribution in [3.63, 3.8) is 0 Å². The van der Waals surface area contributed by atoms with Crippen LogP contribution in [0.5, 0.6) is 5.75 Å². The van der Waals surface area contributed by atoms with Crippen LogP contribution >= 0.6 is 0 Å². The third-order valence-corrected chi connectivity index (χ3v) is 6.65. The fourth-order valence-corrected chi connectivity index (χ4v) is 4.80. The molecule has 1 aliphatic carbocycles. The summed E-state index contributed by atoms with van der Waals surface area (Å²) in [6.45, 7) is 5.19. The van der Waals surface area contributed by atoms with Crippen molar-refractivity contribution in [3.8, 4) is 28.4 Å². The SMILES string of the molecule is CCCCn1c(-c2ccccc2)nc(-c2ccc(OC)cc2)c1CNCC1CCCCC1.[HH]. The molecule has 4 rings (SSSR count). The third kappa shape index (κ3) is 5.42. The van der Waals surface area contributed by atoms with E-state index in [1.54, 1.807) is 7.11 Å². The second-order valence-corrected chi connectivity index (χ2v) is 8.97. The normalized spacial score (nSPS) is 14.6. The van der Waals surface area contributed by atoms with E-state index in [0.717, 1.165) is 54.8 Å². The summed E-state index contributed by atoms with van der Waals surface area (Å²) in [7, 11) is 1.71. The van der Waals surface area contributed by atoms with Gasteiger partial charge in [-0.15, -0.1) is 0 Å². The Bertz CT molecular complexity index is 963. The summed E-state index contributed by atoms with van der Waals surface area (Å²) < 4.78 is 7.83. The maximum atomic E-state index is 5.38. The van der Waals surface area contributed by atoms with Crippen molar-refractivity contribution in [1.82, 2.24) is 14.9 Å². The predicted octanol–water partition coefficient (Wildman–Crippen LogP) is 6.94. The Balaban J connectivity index is 0.00000306. The van der Waals surface area contributed by atoms with E-state index in [0.29, 0.717) is 0 Å². The number of nitrogens with one attached hydrogen (secondary N) is 1. The highest BCUT2D eigenvalue weighted by Gasteiger charge is 2.20. The molecule has 1 heterocycles. The Hall–Kier alpha value is -2.59. The number of hydrogen-bond acceptors (Lipinski definition) is 3. The number of unbranched alkanes of at least 4 members (excludes halogenated alkanes) is 1. The molecule has 4 nitrogen and oxygen atoms in total. The van der Waals surface area contributed by atoms with Crippen molar-refractivity contribution in [1.29, 1.82) is 0 Å². The minimum absolute atomic E-state index is 0. The highest BCUT2D eigenvalue weighted by molar-refractivity contribution is 5.69. The molecule has 172 valence electrons. The average Bonchev–Trinajstić information content (AvgIpc) is 3.22. The molecule has 32 heavy (non-hydrogen) atoms. The van der Waals surface area contributed by atoms with Gasteiger partial charge in [0.1, 0.15) is 11.6 Å². The number of nitrogens with zero attached hydrogens (tertiary/aromatic N) is 2. The van der Waals surface area contributed by atoms with Crippen LogP contribution in [0.4, 0.5) is 0 Å². The Morgan fingerprint density at radius 3 is 2.44 bits per heavy atom. The fraction of sp³-hybridized carbons (Fsp3) is 0.464. The third-order valence-electron chi connectivity index (χ3n) is 6.65. The predicted molar refractivity (Wildman–Crippen MR) is 135 cm³/mol. The van der Waals surface area contributed by atoms with Crippen LogP contribution in [0.25, 0.3) is 22.6 Å². The molecule has 0 aliphatic heterocycles. The van der Waals surface area contributed by atoms with Gasteiger partial charge in [0.2, 0.25) is 0 Å². The molecule has 0 saturated heterocycles. The van der Waals surface area contributed by atoms with Crippen LogP contribution in [-0.4, -0.2) is 23.2 Å². The number of hydrogen-bond donors (Lipinski definition) is 1. The molecule has 3 aromatic rings. The number of rotatable bonds is 10. The summed E-state index contributed by atoms with van der Waals surface area (Å²) in [4.78, 5) is 5.21. The first-order valence-electron chi connectivity index (χ1n) is 12.3. The fourth-order valence-electron chi connectivity index (χ4n) is 4.80. The van der Waals surface area contributed by atoms with Crippen molar-refractivity contribution < 1.29 is 6.16 Å². The number of benzene rings is 2. The molecule has 1 aromatic heterocycles. The molecule has 0 spiro atoms. The number of ether oxygens (including phenoxy) is 1. The molecule has 1 N–H and O–H groups in total. The van der Waals surface area contributed by atoms with Gasteiger partial charge in [-0.1, -0.05) is 62.9 Å². The molecular formula is C28H39N3O. The lowest BCUT2D eigenvalue weighted by Gasteiger charge is -2.22. The number of aromatic nitrogens is 2. The largest absolute Gasteiger partial charge is 0.497 e. The summed E-state index contributed by atoms with van der Waals surface area (Å²) in [6, 6.07) is 18.9. The zero-order chi connectivity index (χ0) is 22.2. The molecule has 1 saturated carbocycles. The monoisotopic (exact) mass is 433 g/mol. The molecule has 1 aliphatic rings. The van der Waals surface area contributed by atoms with Gasteiger partial charge in [0, 0.05) is 25.6 Å². The van der Waals surface area contributed by atoms with Crippen LogP contribution in [0.1, 0.15) is 59.0 Å². The zero-order valence-corrected chi connectivity index (χ0v) is 19.6. The lowest BCUT2D eigenvalue weighted by molar-refractivity contribution is 0.340. The lowest BCUT2D eigenvalue weighted by Crippen LogP contribution is -2.25. The van der Waals surface area contributed by atoms with Gasteiger partial charge in [-0.05, 0) is 56.0 Å². The van der Waals surface area contributed by atoms with Crippen LogP contribution in [0.15, 0.2) is 54.6 Å². The highest BCUT2D eigenvalue weighted by atomic mass is 16.5. The summed E-state index contributed by atoms with van der Waals surface area (Å²) in [6.07, 6.45) is 9.22. The molecule has 0 atom stereocenters. The topological polar surface area (TPSA) is 39.1 Å². The van der Waals surface area contributed by atoms with Crippen molar-refractivity contribution in [2.24, 2.45) is 5.92 Å². The van der Waals surface area contributed by atoms with Crippen molar-refractivity contribution >= 4 is 0 Å². The van der Waals surface area contributed by atoms with Crippen LogP contribution in [0, 0.1) is 5.92 Å². The minimum atomic E-state index is 0. The molecule has 0 unspecified atom stereocenters. The molecule has 0 amide bonds. The summed E-state index contributed by atoms with van der Waals surface area (Å²) >= 11 is 0. The van der Waals surface area contributed by atoms with Gasteiger partial charge in [0.25, 0.3) is 0 Å². The van der Waals surface area contributed by atoms with Crippen LogP contribution < -0.4 is 10.1 Å². The summed E-state index contributed by atoms with van der Waals surface area (Å²) in [5, 5.41) is 3.80. The molecule has 1 fully saturated rings. The maximum absolute atomic E-state index is 5.38. The first-order chi connectivity index (χ1) is 15.8. The number of methoxy groups -OCH3 is 1. The van der Waals surface area contributed by atoms with E-state index in [2.05, 4.69) is 59.3 Å². The standard InChI is InChI=1S/C28H37N3O.H2/c1-3-4-19-31-26(21-29-20-22-11-7-5-8-12-22)27(23-15-17-25(32-2)18-16-23)30-28(31)24-13-9-6-10-14-24;/h6,9-10,13-18,22,29H,3-5,7-8,11-12,19-21H2,1-2H3;1H. The maximum Gasteiger partial charge on any atom is 0.140 e. The smallest absolute Gasteiger partial charge is 0.140 e. The van der Waals surface area contributed by atoms with Gasteiger partial charge in [0.15, 0.2) is 0 Å². The van der Waals surface area contributed by atoms with E-state index in [9.17, 15) is 0 Å².